The predicted molar refractivity (Wildman–Crippen MR) is 91.7 cm³/mol. The van der Waals surface area contributed by atoms with Crippen molar-refractivity contribution >= 4 is 29.0 Å². The number of aromatic nitrogens is 1. The van der Waals surface area contributed by atoms with Crippen molar-refractivity contribution in [2.45, 2.75) is 6.18 Å². The van der Waals surface area contributed by atoms with Crippen molar-refractivity contribution in [1.29, 1.82) is 0 Å². The van der Waals surface area contributed by atoms with Crippen LogP contribution in [-0.4, -0.2) is 37.2 Å². The van der Waals surface area contributed by atoms with E-state index in [0.717, 1.165) is 37.1 Å². The van der Waals surface area contributed by atoms with E-state index < -0.39 is 17.6 Å². The second-order valence-corrected chi connectivity index (χ2v) is 6.06. The zero-order valence-corrected chi connectivity index (χ0v) is 14.3. The number of nitrogens with one attached hydrogen (secondary N) is 1. The van der Waals surface area contributed by atoms with E-state index in [1.165, 1.54) is 6.20 Å². The van der Waals surface area contributed by atoms with Crippen molar-refractivity contribution in [2.24, 2.45) is 0 Å². The van der Waals surface area contributed by atoms with Gasteiger partial charge >= 0.3 is 6.18 Å². The summed E-state index contributed by atoms with van der Waals surface area (Å²) in [6.07, 6.45) is -3.08. The lowest BCUT2D eigenvalue weighted by molar-refractivity contribution is -0.137. The summed E-state index contributed by atoms with van der Waals surface area (Å²) in [5, 5.41) is 2.30. The normalized spacial score (nSPS) is 15.0. The van der Waals surface area contributed by atoms with Crippen molar-refractivity contribution in [2.75, 3.05) is 36.5 Å². The molecule has 0 radical (unpaired) electrons. The lowest BCUT2D eigenvalue weighted by Gasteiger charge is -2.27. The van der Waals surface area contributed by atoms with Crippen LogP contribution in [0.3, 0.4) is 0 Å². The molecule has 0 saturated carbocycles. The second-order valence-electron chi connectivity index (χ2n) is 5.65. The van der Waals surface area contributed by atoms with Gasteiger partial charge in [0.25, 0.3) is 5.91 Å². The Morgan fingerprint density at radius 1 is 1.19 bits per heavy atom. The smallest absolute Gasteiger partial charge is 0.378 e. The van der Waals surface area contributed by atoms with Gasteiger partial charge in [-0.15, -0.1) is 0 Å². The molecule has 26 heavy (non-hydrogen) atoms. The van der Waals surface area contributed by atoms with Crippen LogP contribution in [0.2, 0.25) is 5.02 Å². The van der Waals surface area contributed by atoms with Gasteiger partial charge in [-0.25, -0.2) is 4.98 Å². The summed E-state index contributed by atoms with van der Waals surface area (Å²) in [6, 6.07) is 6.08. The third kappa shape index (κ3) is 4.25. The molecule has 2 aromatic rings. The van der Waals surface area contributed by atoms with E-state index in [0.29, 0.717) is 13.2 Å². The van der Waals surface area contributed by atoms with Gasteiger partial charge in [0.15, 0.2) is 0 Å². The number of alkyl halides is 3. The number of hydrogen-bond acceptors (Lipinski definition) is 4. The molecule has 0 spiro atoms. The third-order valence-corrected chi connectivity index (χ3v) is 4.20. The minimum atomic E-state index is -4.49. The molecule has 0 unspecified atom stereocenters. The molecule has 5 nitrogen and oxygen atoms in total. The van der Waals surface area contributed by atoms with Crippen LogP contribution in [0.4, 0.5) is 24.7 Å². The van der Waals surface area contributed by atoms with E-state index in [1.54, 1.807) is 12.1 Å². The topological polar surface area (TPSA) is 54.5 Å². The van der Waals surface area contributed by atoms with Crippen molar-refractivity contribution in [3.8, 4) is 0 Å². The fraction of sp³-hybridized carbons (Fsp3) is 0.294. The van der Waals surface area contributed by atoms with E-state index in [9.17, 15) is 18.0 Å². The monoisotopic (exact) mass is 385 g/mol. The molecule has 1 saturated heterocycles. The van der Waals surface area contributed by atoms with Gasteiger partial charge in [-0.05, 0) is 30.3 Å². The molecule has 1 aromatic carbocycles. The lowest BCUT2D eigenvalue weighted by Crippen LogP contribution is -2.36. The number of pyridine rings is 1. The fourth-order valence-electron chi connectivity index (χ4n) is 2.49. The number of morpholine rings is 1. The number of anilines is 2. The number of nitrogens with zero attached hydrogens (tertiary/aromatic N) is 2. The molecule has 1 N–H and O–H groups in total. The maximum absolute atomic E-state index is 12.7. The highest BCUT2D eigenvalue weighted by molar-refractivity contribution is 6.34. The molecule has 2 heterocycles. The molecule has 1 fully saturated rings. The Morgan fingerprint density at radius 3 is 2.50 bits per heavy atom. The highest BCUT2D eigenvalue weighted by Gasteiger charge is 2.31. The minimum Gasteiger partial charge on any atom is -0.378 e. The van der Waals surface area contributed by atoms with Crippen LogP contribution in [0.5, 0.6) is 0 Å². The van der Waals surface area contributed by atoms with Crippen LogP contribution in [0.1, 0.15) is 15.9 Å². The van der Waals surface area contributed by atoms with Gasteiger partial charge in [0.05, 0.1) is 35.1 Å². The number of benzene rings is 1. The molecular weight excluding hydrogens is 371 g/mol. The van der Waals surface area contributed by atoms with Gasteiger partial charge in [-0.2, -0.15) is 13.2 Å². The zero-order chi connectivity index (χ0) is 18.7. The number of rotatable bonds is 3. The van der Waals surface area contributed by atoms with Gasteiger partial charge in [0.1, 0.15) is 5.82 Å². The fourth-order valence-corrected chi connectivity index (χ4v) is 2.71. The molecule has 1 amide bonds. The van der Waals surface area contributed by atoms with Gasteiger partial charge in [0.2, 0.25) is 0 Å². The van der Waals surface area contributed by atoms with Gasteiger partial charge in [-0.3, -0.25) is 4.79 Å². The summed E-state index contributed by atoms with van der Waals surface area (Å²) in [5.74, 6) is 0.227. The quantitative estimate of drug-likeness (QED) is 0.872. The molecule has 0 aliphatic carbocycles. The van der Waals surface area contributed by atoms with Crippen LogP contribution < -0.4 is 10.2 Å². The van der Waals surface area contributed by atoms with Crippen LogP contribution in [0.25, 0.3) is 0 Å². The van der Waals surface area contributed by atoms with E-state index in [4.69, 9.17) is 16.3 Å². The molecule has 1 aliphatic rings. The van der Waals surface area contributed by atoms with Crippen molar-refractivity contribution in [3.63, 3.8) is 0 Å². The summed E-state index contributed by atoms with van der Waals surface area (Å²) in [6.45, 7) is 2.69. The van der Waals surface area contributed by atoms with Crippen molar-refractivity contribution in [3.05, 3.63) is 52.7 Å². The minimum absolute atomic E-state index is 0.0990. The summed E-state index contributed by atoms with van der Waals surface area (Å²) >= 11 is 5.84. The zero-order valence-electron chi connectivity index (χ0n) is 13.5. The Labute approximate surface area is 152 Å². The summed E-state index contributed by atoms with van der Waals surface area (Å²) < 4.78 is 43.2. The number of carbonyl (C=O) groups is 1. The van der Waals surface area contributed by atoms with E-state index >= 15 is 0 Å². The highest BCUT2D eigenvalue weighted by atomic mass is 35.5. The molecular formula is C17H15ClF3N3O2. The van der Waals surface area contributed by atoms with Crippen LogP contribution in [-0.2, 0) is 10.9 Å². The molecule has 138 valence electrons. The molecule has 1 aliphatic heterocycles. The predicted octanol–water partition coefficient (Wildman–Crippen LogP) is 3.84. The van der Waals surface area contributed by atoms with Crippen molar-refractivity contribution in [1.82, 2.24) is 4.98 Å². The Kier molecular flexibility index (Phi) is 5.33. The number of halogens is 4. The van der Waals surface area contributed by atoms with E-state index in [1.807, 2.05) is 4.90 Å². The SMILES string of the molecule is O=C(Nc1ccc(C(F)(F)F)cc1Cl)c1ccc(N2CCOCC2)nc1. The first-order chi connectivity index (χ1) is 12.3. The average molecular weight is 386 g/mol. The molecule has 0 bridgehead atoms. The van der Waals surface area contributed by atoms with Gasteiger partial charge in [-0.1, -0.05) is 11.6 Å². The van der Waals surface area contributed by atoms with Crippen LogP contribution in [0, 0.1) is 0 Å². The summed E-state index contributed by atoms with van der Waals surface area (Å²) in [4.78, 5) is 18.6. The Bertz CT molecular complexity index is 791. The Hall–Kier alpha value is -2.32. The maximum atomic E-state index is 12.7. The first-order valence-corrected chi connectivity index (χ1v) is 8.19. The first-order valence-electron chi connectivity index (χ1n) is 7.81. The largest absolute Gasteiger partial charge is 0.416 e. The molecule has 1 aromatic heterocycles. The third-order valence-electron chi connectivity index (χ3n) is 3.89. The first kappa shape index (κ1) is 18.5. The standard InChI is InChI=1S/C17H15ClF3N3O2/c18-13-9-12(17(19,20)21)2-3-14(13)23-16(25)11-1-4-15(22-10-11)24-5-7-26-8-6-24/h1-4,9-10H,5-8H2,(H,23,25). The van der Waals surface area contributed by atoms with Crippen LogP contribution >= 0.6 is 11.6 Å². The molecule has 9 heteroatoms. The van der Waals surface area contributed by atoms with E-state index in [2.05, 4.69) is 10.3 Å². The number of ether oxygens (including phenoxy) is 1. The average Bonchev–Trinajstić information content (AvgIpc) is 2.63. The highest BCUT2D eigenvalue weighted by Crippen LogP contribution is 2.33. The van der Waals surface area contributed by atoms with Crippen LogP contribution in [0.15, 0.2) is 36.5 Å². The molecule has 3 rings (SSSR count). The van der Waals surface area contributed by atoms with E-state index in [-0.39, 0.29) is 16.3 Å². The summed E-state index contributed by atoms with van der Waals surface area (Å²) in [5.41, 5.74) is -0.503. The molecule has 0 atom stereocenters. The van der Waals surface area contributed by atoms with Gasteiger partial charge in [0, 0.05) is 19.3 Å². The second kappa shape index (κ2) is 7.51. The summed E-state index contributed by atoms with van der Waals surface area (Å²) in [7, 11) is 0. The van der Waals surface area contributed by atoms with Crippen molar-refractivity contribution < 1.29 is 22.7 Å². The lowest BCUT2D eigenvalue weighted by atomic mass is 10.2. The number of hydrogen-bond donors (Lipinski definition) is 1. The number of amides is 1. The number of carbonyl (C=O) groups excluding carboxylic acids is 1. The maximum Gasteiger partial charge on any atom is 0.416 e. The Balaban J connectivity index is 1.70. The Morgan fingerprint density at radius 2 is 1.92 bits per heavy atom. The van der Waals surface area contributed by atoms with Gasteiger partial charge < -0.3 is 15.0 Å².